The second kappa shape index (κ2) is 10.4. The number of aryl methyl sites for hydroxylation is 1. The third kappa shape index (κ3) is 6.19. The summed E-state index contributed by atoms with van der Waals surface area (Å²) in [5.74, 6) is 0.152. The van der Waals surface area contributed by atoms with Crippen molar-refractivity contribution >= 4 is 17.9 Å². The van der Waals surface area contributed by atoms with Gasteiger partial charge in [-0.3, -0.25) is 9.59 Å². The molecule has 1 aromatic heterocycles. The van der Waals surface area contributed by atoms with E-state index < -0.39 is 0 Å². The number of nitrogens with one attached hydrogen (secondary N) is 2. The first kappa shape index (κ1) is 22.1. The fraction of sp³-hybridized carbons (Fsp3) is 0.231. The largest absolute Gasteiger partial charge is 0.465 e. The molecule has 2 aromatic carbocycles. The van der Waals surface area contributed by atoms with E-state index in [0.717, 1.165) is 17.5 Å². The Balaban J connectivity index is 1.87. The third-order valence-corrected chi connectivity index (χ3v) is 4.93. The van der Waals surface area contributed by atoms with Gasteiger partial charge in [0, 0.05) is 11.6 Å². The molecule has 1 heterocycles. The van der Waals surface area contributed by atoms with Crippen molar-refractivity contribution in [2.45, 2.75) is 33.2 Å². The Morgan fingerprint density at radius 2 is 1.68 bits per heavy atom. The molecule has 2 amide bonds. The van der Waals surface area contributed by atoms with Crippen LogP contribution >= 0.6 is 0 Å². The zero-order valence-corrected chi connectivity index (χ0v) is 18.1. The van der Waals surface area contributed by atoms with E-state index >= 15 is 0 Å². The van der Waals surface area contributed by atoms with Crippen LogP contribution in [0.15, 0.2) is 83.1 Å². The SMILES string of the molecule is Cc1ccccc1C(=O)N/C(=C\c1ccco1)C(=O)N[C@H](CC(C)C)c1ccccc1. The minimum Gasteiger partial charge on any atom is -0.465 e. The topological polar surface area (TPSA) is 71.3 Å². The molecule has 0 bridgehead atoms. The number of benzene rings is 2. The molecule has 0 fully saturated rings. The lowest BCUT2D eigenvalue weighted by molar-refractivity contribution is -0.118. The van der Waals surface area contributed by atoms with Crippen LogP contribution in [0.25, 0.3) is 6.08 Å². The van der Waals surface area contributed by atoms with E-state index in [1.165, 1.54) is 6.26 Å². The van der Waals surface area contributed by atoms with Gasteiger partial charge in [-0.1, -0.05) is 62.4 Å². The first-order valence-corrected chi connectivity index (χ1v) is 10.4. The Morgan fingerprint density at radius 3 is 2.32 bits per heavy atom. The standard InChI is InChI=1S/C26H28N2O3/c1-18(2)16-23(20-11-5-4-6-12-20)27-26(30)24(17-21-13-9-15-31-21)28-25(29)22-14-8-7-10-19(22)3/h4-15,17-18,23H,16H2,1-3H3,(H,27,30)(H,28,29)/b24-17-/t23-/m1/s1. The van der Waals surface area contributed by atoms with E-state index in [9.17, 15) is 9.59 Å². The molecule has 31 heavy (non-hydrogen) atoms. The normalized spacial score (nSPS) is 12.5. The molecule has 0 spiro atoms. The van der Waals surface area contributed by atoms with E-state index in [4.69, 9.17) is 4.42 Å². The number of furan rings is 1. The van der Waals surface area contributed by atoms with E-state index in [2.05, 4.69) is 24.5 Å². The first-order valence-electron chi connectivity index (χ1n) is 10.4. The van der Waals surface area contributed by atoms with Gasteiger partial charge in [-0.15, -0.1) is 0 Å². The predicted molar refractivity (Wildman–Crippen MR) is 122 cm³/mol. The summed E-state index contributed by atoms with van der Waals surface area (Å²) in [4.78, 5) is 26.1. The van der Waals surface area contributed by atoms with Crippen molar-refractivity contribution in [2.75, 3.05) is 0 Å². The number of rotatable bonds is 8. The maximum Gasteiger partial charge on any atom is 0.268 e. The molecule has 0 aliphatic heterocycles. The predicted octanol–water partition coefficient (Wildman–Crippen LogP) is 5.26. The summed E-state index contributed by atoms with van der Waals surface area (Å²) in [6.45, 7) is 6.09. The summed E-state index contributed by atoms with van der Waals surface area (Å²) in [5.41, 5.74) is 2.50. The Kier molecular flexibility index (Phi) is 7.44. The minimum absolute atomic E-state index is 0.132. The molecule has 0 saturated carbocycles. The molecule has 1 atom stereocenters. The average molecular weight is 417 g/mol. The molecule has 0 radical (unpaired) electrons. The average Bonchev–Trinajstić information content (AvgIpc) is 3.26. The van der Waals surface area contributed by atoms with E-state index in [0.29, 0.717) is 17.2 Å². The van der Waals surface area contributed by atoms with Crippen molar-refractivity contribution in [2.24, 2.45) is 5.92 Å². The Bertz CT molecular complexity index is 1040. The van der Waals surface area contributed by atoms with Crippen LogP contribution < -0.4 is 10.6 Å². The maximum atomic E-state index is 13.3. The second-order valence-corrected chi connectivity index (χ2v) is 7.91. The maximum absolute atomic E-state index is 13.3. The molecule has 2 N–H and O–H groups in total. The van der Waals surface area contributed by atoms with Gasteiger partial charge in [0.1, 0.15) is 11.5 Å². The molecule has 5 heteroatoms. The highest BCUT2D eigenvalue weighted by Gasteiger charge is 2.21. The lowest BCUT2D eigenvalue weighted by Crippen LogP contribution is -2.37. The van der Waals surface area contributed by atoms with Crippen LogP contribution in [0.4, 0.5) is 0 Å². The summed E-state index contributed by atoms with van der Waals surface area (Å²) in [5, 5.41) is 5.86. The van der Waals surface area contributed by atoms with Gasteiger partial charge in [0.25, 0.3) is 11.8 Å². The molecular weight excluding hydrogens is 388 g/mol. The van der Waals surface area contributed by atoms with Crippen LogP contribution in [0.1, 0.15) is 53.6 Å². The fourth-order valence-electron chi connectivity index (χ4n) is 3.36. The van der Waals surface area contributed by atoms with E-state index in [1.807, 2.05) is 49.4 Å². The van der Waals surface area contributed by atoms with Crippen molar-refractivity contribution in [3.8, 4) is 0 Å². The van der Waals surface area contributed by atoms with E-state index in [-0.39, 0.29) is 23.6 Å². The highest BCUT2D eigenvalue weighted by Crippen LogP contribution is 2.22. The smallest absolute Gasteiger partial charge is 0.268 e. The highest BCUT2D eigenvalue weighted by molar-refractivity contribution is 6.05. The first-order chi connectivity index (χ1) is 14.9. The zero-order chi connectivity index (χ0) is 22.2. The van der Waals surface area contributed by atoms with Crippen LogP contribution in [0.3, 0.4) is 0 Å². The molecule has 3 aromatic rings. The number of carbonyl (C=O) groups is 2. The van der Waals surface area contributed by atoms with Gasteiger partial charge in [0.2, 0.25) is 0 Å². The molecule has 160 valence electrons. The highest BCUT2D eigenvalue weighted by atomic mass is 16.3. The van der Waals surface area contributed by atoms with Gasteiger partial charge < -0.3 is 15.1 Å². The fourth-order valence-corrected chi connectivity index (χ4v) is 3.36. The molecule has 0 aliphatic carbocycles. The molecule has 3 rings (SSSR count). The van der Waals surface area contributed by atoms with Crippen molar-refractivity contribution in [3.63, 3.8) is 0 Å². The Labute approximate surface area is 183 Å². The Morgan fingerprint density at radius 1 is 0.968 bits per heavy atom. The van der Waals surface area contributed by atoms with Crippen molar-refractivity contribution < 1.29 is 14.0 Å². The monoisotopic (exact) mass is 416 g/mol. The van der Waals surface area contributed by atoms with Crippen LogP contribution in [0.5, 0.6) is 0 Å². The van der Waals surface area contributed by atoms with Gasteiger partial charge in [-0.25, -0.2) is 0 Å². The van der Waals surface area contributed by atoms with Crippen LogP contribution in [0.2, 0.25) is 0 Å². The van der Waals surface area contributed by atoms with Crippen molar-refractivity contribution in [1.29, 1.82) is 0 Å². The number of hydrogen-bond acceptors (Lipinski definition) is 3. The lowest BCUT2D eigenvalue weighted by Gasteiger charge is -2.22. The van der Waals surface area contributed by atoms with Gasteiger partial charge in [-0.05, 0) is 48.6 Å². The van der Waals surface area contributed by atoms with Crippen LogP contribution in [-0.2, 0) is 4.79 Å². The Hall–Kier alpha value is -3.60. The number of carbonyl (C=O) groups excluding carboxylic acids is 2. The summed E-state index contributed by atoms with van der Waals surface area (Å²) in [7, 11) is 0. The van der Waals surface area contributed by atoms with Crippen molar-refractivity contribution in [1.82, 2.24) is 10.6 Å². The molecule has 0 unspecified atom stereocenters. The third-order valence-electron chi connectivity index (χ3n) is 4.93. The number of hydrogen-bond donors (Lipinski definition) is 2. The van der Waals surface area contributed by atoms with Gasteiger partial charge >= 0.3 is 0 Å². The lowest BCUT2D eigenvalue weighted by atomic mass is 9.97. The molecule has 0 saturated heterocycles. The van der Waals surface area contributed by atoms with Gasteiger partial charge in [0.05, 0.1) is 12.3 Å². The summed E-state index contributed by atoms with van der Waals surface area (Å²) in [6.07, 6.45) is 3.84. The number of amides is 2. The van der Waals surface area contributed by atoms with Crippen LogP contribution in [0, 0.1) is 12.8 Å². The minimum atomic E-state index is -0.368. The summed E-state index contributed by atoms with van der Waals surface area (Å²) in [6, 6.07) is 20.4. The molecule has 0 aliphatic rings. The van der Waals surface area contributed by atoms with Crippen LogP contribution in [-0.4, -0.2) is 11.8 Å². The van der Waals surface area contributed by atoms with Crippen molar-refractivity contribution in [3.05, 3.63) is 101 Å². The molecular formula is C26H28N2O3. The zero-order valence-electron chi connectivity index (χ0n) is 18.1. The van der Waals surface area contributed by atoms with Gasteiger partial charge in [0.15, 0.2) is 0 Å². The van der Waals surface area contributed by atoms with E-state index in [1.54, 1.807) is 30.3 Å². The molecule has 5 nitrogen and oxygen atoms in total. The summed E-state index contributed by atoms with van der Waals surface area (Å²) >= 11 is 0. The summed E-state index contributed by atoms with van der Waals surface area (Å²) < 4.78 is 5.37. The second-order valence-electron chi connectivity index (χ2n) is 7.91. The van der Waals surface area contributed by atoms with Gasteiger partial charge in [-0.2, -0.15) is 0 Å². The quantitative estimate of drug-likeness (QED) is 0.492.